The van der Waals surface area contributed by atoms with Gasteiger partial charge in [-0.2, -0.15) is 4.98 Å². The monoisotopic (exact) mass is 387 g/mol. The van der Waals surface area contributed by atoms with Gasteiger partial charge >= 0.3 is 0 Å². The summed E-state index contributed by atoms with van der Waals surface area (Å²) in [5, 5.41) is 0. The van der Waals surface area contributed by atoms with Crippen molar-refractivity contribution in [2.24, 2.45) is 0 Å². The van der Waals surface area contributed by atoms with Crippen molar-refractivity contribution in [3.63, 3.8) is 0 Å². The summed E-state index contributed by atoms with van der Waals surface area (Å²) in [6.45, 7) is 5.63. The van der Waals surface area contributed by atoms with Gasteiger partial charge in [-0.15, -0.1) is 0 Å². The summed E-state index contributed by atoms with van der Waals surface area (Å²) in [4.78, 5) is 25.5. The van der Waals surface area contributed by atoms with Crippen LogP contribution >= 0.6 is 0 Å². The van der Waals surface area contributed by atoms with Crippen LogP contribution < -0.4 is 14.7 Å². The normalized spacial score (nSPS) is 17.0. The van der Waals surface area contributed by atoms with E-state index in [1.54, 1.807) is 12.4 Å². The molecule has 29 heavy (non-hydrogen) atoms. The molecule has 3 aromatic rings. The van der Waals surface area contributed by atoms with Crippen molar-refractivity contribution >= 4 is 17.7 Å². The van der Waals surface area contributed by atoms with Gasteiger partial charge in [0.25, 0.3) is 0 Å². The standard InChI is InChI=1S/C22H25N7/c1-2-7-18(8-3-1)19-17-20(26-22(25-19)28-11-4-5-12-28)27-13-15-29(16-14-27)21-23-9-6-10-24-21/h1-3,6-10,17H,4-5,11-16H2. The van der Waals surface area contributed by atoms with Crippen molar-refractivity contribution < 1.29 is 0 Å². The first-order valence-corrected chi connectivity index (χ1v) is 10.3. The molecule has 2 aliphatic heterocycles. The summed E-state index contributed by atoms with van der Waals surface area (Å²) in [5.74, 6) is 2.67. The lowest BCUT2D eigenvalue weighted by molar-refractivity contribution is 0.633. The molecule has 0 amide bonds. The minimum atomic E-state index is 0.803. The summed E-state index contributed by atoms with van der Waals surface area (Å²) in [6, 6.07) is 14.4. The molecule has 1 aromatic carbocycles. The van der Waals surface area contributed by atoms with Gasteiger partial charge in [0.15, 0.2) is 0 Å². The Morgan fingerprint density at radius 2 is 1.28 bits per heavy atom. The van der Waals surface area contributed by atoms with E-state index in [4.69, 9.17) is 9.97 Å². The summed E-state index contributed by atoms with van der Waals surface area (Å²) in [5.41, 5.74) is 2.12. The van der Waals surface area contributed by atoms with E-state index < -0.39 is 0 Å². The van der Waals surface area contributed by atoms with Gasteiger partial charge in [0.1, 0.15) is 5.82 Å². The zero-order chi connectivity index (χ0) is 19.5. The lowest BCUT2D eigenvalue weighted by atomic mass is 10.1. The zero-order valence-corrected chi connectivity index (χ0v) is 16.5. The van der Waals surface area contributed by atoms with Crippen LogP contribution in [-0.4, -0.2) is 59.2 Å². The highest BCUT2D eigenvalue weighted by molar-refractivity contribution is 5.65. The van der Waals surface area contributed by atoms with Gasteiger partial charge in [0.05, 0.1) is 5.69 Å². The fraction of sp³-hybridized carbons (Fsp3) is 0.364. The van der Waals surface area contributed by atoms with E-state index in [9.17, 15) is 0 Å². The number of aromatic nitrogens is 4. The van der Waals surface area contributed by atoms with Crippen molar-refractivity contribution in [3.8, 4) is 11.3 Å². The van der Waals surface area contributed by atoms with Gasteiger partial charge in [-0.3, -0.25) is 0 Å². The summed E-state index contributed by atoms with van der Waals surface area (Å²) < 4.78 is 0. The van der Waals surface area contributed by atoms with E-state index in [0.717, 1.165) is 68.2 Å². The second-order valence-corrected chi connectivity index (χ2v) is 7.49. The topological polar surface area (TPSA) is 61.3 Å². The molecule has 2 aliphatic rings. The fourth-order valence-electron chi connectivity index (χ4n) is 3.99. The minimum absolute atomic E-state index is 0.803. The van der Waals surface area contributed by atoms with E-state index in [-0.39, 0.29) is 0 Å². The maximum Gasteiger partial charge on any atom is 0.227 e. The largest absolute Gasteiger partial charge is 0.353 e. The van der Waals surface area contributed by atoms with E-state index in [1.807, 2.05) is 12.1 Å². The fourth-order valence-corrected chi connectivity index (χ4v) is 3.99. The van der Waals surface area contributed by atoms with Crippen LogP contribution in [0.25, 0.3) is 11.3 Å². The van der Waals surface area contributed by atoms with Crippen molar-refractivity contribution in [2.45, 2.75) is 12.8 Å². The van der Waals surface area contributed by atoms with Crippen LogP contribution in [0.1, 0.15) is 12.8 Å². The van der Waals surface area contributed by atoms with Crippen LogP contribution in [0.4, 0.5) is 17.7 Å². The van der Waals surface area contributed by atoms with Gasteiger partial charge in [0, 0.05) is 63.3 Å². The maximum absolute atomic E-state index is 4.95. The highest BCUT2D eigenvalue weighted by atomic mass is 15.3. The Morgan fingerprint density at radius 3 is 2.00 bits per heavy atom. The third kappa shape index (κ3) is 3.85. The molecule has 4 heterocycles. The van der Waals surface area contributed by atoms with Crippen LogP contribution in [0.3, 0.4) is 0 Å². The number of nitrogens with zero attached hydrogens (tertiary/aromatic N) is 7. The third-order valence-electron chi connectivity index (χ3n) is 5.60. The average Bonchev–Trinajstić information content (AvgIpc) is 3.35. The van der Waals surface area contributed by atoms with Gasteiger partial charge in [-0.05, 0) is 18.9 Å². The Hall–Kier alpha value is -3.22. The maximum atomic E-state index is 4.95. The number of rotatable bonds is 4. The Bertz CT molecular complexity index is 934. The summed E-state index contributed by atoms with van der Waals surface area (Å²) >= 11 is 0. The molecule has 0 radical (unpaired) electrons. The van der Waals surface area contributed by atoms with E-state index in [0.29, 0.717) is 0 Å². The number of piperazine rings is 1. The molecule has 7 heteroatoms. The second-order valence-electron chi connectivity index (χ2n) is 7.49. The van der Waals surface area contributed by atoms with Crippen molar-refractivity contribution in [1.82, 2.24) is 19.9 Å². The molecule has 0 saturated carbocycles. The van der Waals surface area contributed by atoms with E-state index >= 15 is 0 Å². The highest BCUT2D eigenvalue weighted by Gasteiger charge is 2.23. The Kier molecular flexibility index (Phi) is 4.94. The lowest BCUT2D eigenvalue weighted by Crippen LogP contribution is -2.47. The molecule has 0 spiro atoms. The van der Waals surface area contributed by atoms with Crippen LogP contribution in [0.5, 0.6) is 0 Å². The molecule has 2 aromatic heterocycles. The molecular weight excluding hydrogens is 362 g/mol. The first-order chi connectivity index (χ1) is 14.4. The quantitative estimate of drug-likeness (QED) is 0.682. The third-order valence-corrected chi connectivity index (χ3v) is 5.60. The first kappa shape index (κ1) is 17.8. The molecule has 0 aliphatic carbocycles. The Balaban J connectivity index is 1.41. The predicted octanol–water partition coefficient (Wildman–Crippen LogP) is 2.86. The van der Waals surface area contributed by atoms with Gasteiger partial charge < -0.3 is 14.7 Å². The van der Waals surface area contributed by atoms with Crippen molar-refractivity contribution in [2.75, 3.05) is 54.0 Å². The van der Waals surface area contributed by atoms with E-state index in [1.165, 1.54) is 12.8 Å². The van der Waals surface area contributed by atoms with Crippen LogP contribution in [0.2, 0.25) is 0 Å². The minimum Gasteiger partial charge on any atom is -0.353 e. The number of anilines is 3. The van der Waals surface area contributed by atoms with Crippen LogP contribution in [0.15, 0.2) is 54.9 Å². The smallest absolute Gasteiger partial charge is 0.227 e. The van der Waals surface area contributed by atoms with Gasteiger partial charge in [0.2, 0.25) is 11.9 Å². The number of benzene rings is 1. The van der Waals surface area contributed by atoms with Crippen molar-refractivity contribution in [3.05, 3.63) is 54.9 Å². The Morgan fingerprint density at radius 1 is 0.621 bits per heavy atom. The van der Waals surface area contributed by atoms with Crippen molar-refractivity contribution in [1.29, 1.82) is 0 Å². The molecule has 5 rings (SSSR count). The molecule has 0 atom stereocenters. The number of hydrogen-bond donors (Lipinski definition) is 0. The molecule has 0 N–H and O–H groups in total. The molecule has 2 fully saturated rings. The molecule has 2 saturated heterocycles. The molecule has 0 unspecified atom stereocenters. The molecule has 148 valence electrons. The van der Waals surface area contributed by atoms with Crippen LogP contribution in [0, 0.1) is 0 Å². The van der Waals surface area contributed by atoms with E-state index in [2.05, 4.69) is 55.0 Å². The SMILES string of the molecule is c1ccc(-c2cc(N3CCN(c4ncccn4)CC3)nc(N3CCCC3)n2)cc1. The summed E-state index contributed by atoms with van der Waals surface area (Å²) in [7, 11) is 0. The number of hydrogen-bond acceptors (Lipinski definition) is 7. The Labute approximate surface area is 171 Å². The molecular formula is C22H25N7. The second kappa shape index (κ2) is 8.03. The van der Waals surface area contributed by atoms with Crippen LogP contribution in [-0.2, 0) is 0 Å². The molecule has 0 bridgehead atoms. The van der Waals surface area contributed by atoms with Gasteiger partial charge in [-0.25, -0.2) is 15.0 Å². The highest BCUT2D eigenvalue weighted by Crippen LogP contribution is 2.27. The predicted molar refractivity (Wildman–Crippen MR) is 115 cm³/mol. The molecule has 7 nitrogen and oxygen atoms in total. The average molecular weight is 387 g/mol. The van der Waals surface area contributed by atoms with Gasteiger partial charge in [-0.1, -0.05) is 30.3 Å². The first-order valence-electron chi connectivity index (χ1n) is 10.3. The zero-order valence-electron chi connectivity index (χ0n) is 16.5. The summed E-state index contributed by atoms with van der Waals surface area (Å²) in [6.07, 6.45) is 6.02. The lowest BCUT2D eigenvalue weighted by Gasteiger charge is -2.35.